The third-order valence-electron chi connectivity index (χ3n) is 3.04. The zero-order valence-corrected chi connectivity index (χ0v) is 11.9. The lowest BCUT2D eigenvalue weighted by Crippen LogP contribution is -2.44. The maximum absolute atomic E-state index is 11.7. The summed E-state index contributed by atoms with van der Waals surface area (Å²) < 4.78 is 0.897. The van der Waals surface area contributed by atoms with Crippen molar-refractivity contribution in [3.63, 3.8) is 0 Å². The molecule has 0 spiro atoms. The molecule has 18 heavy (non-hydrogen) atoms. The van der Waals surface area contributed by atoms with Crippen LogP contribution in [0.1, 0.15) is 16.9 Å². The van der Waals surface area contributed by atoms with E-state index in [-0.39, 0.29) is 5.91 Å². The number of halogens is 1. The molecule has 0 unspecified atom stereocenters. The van der Waals surface area contributed by atoms with Gasteiger partial charge in [0, 0.05) is 43.4 Å². The predicted octanol–water partition coefficient (Wildman–Crippen LogP) is 0.802. The number of carbonyl (C=O) groups is 1. The van der Waals surface area contributed by atoms with Gasteiger partial charge < -0.3 is 20.5 Å². The Kier molecular flexibility index (Phi) is 5.22. The Morgan fingerprint density at radius 2 is 2.22 bits per heavy atom. The van der Waals surface area contributed by atoms with E-state index in [1.807, 2.05) is 0 Å². The number of aromatic amines is 1. The molecule has 1 amide bonds. The van der Waals surface area contributed by atoms with Crippen molar-refractivity contribution in [2.24, 2.45) is 0 Å². The van der Waals surface area contributed by atoms with Gasteiger partial charge in [-0.25, -0.2) is 0 Å². The lowest BCUT2D eigenvalue weighted by atomic mass is 10.3. The summed E-state index contributed by atoms with van der Waals surface area (Å²) in [4.78, 5) is 17.1. The molecule has 0 atom stereocenters. The first kappa shape index (κ1) is 13.6. The van der Waals surface area contributed by atoms with Crippen LogP contribution in [0.4, 0.5) is 0 Å². The van der Waals surface area contributed by atoms with Crippen LogP contribution in [0.15, 0.2) is 16.7 Å². The summed E-state index contributed by atoms with van der Waals surface area (Å²) in [5.74, 6) is -0.0407. The van der Waals surface area contributed by atoms with Crippen LogP contribution in [0.25, 0.3) is 0 Å². The van der Waals surface area contributed by atoms with Crippen LogP contribution in [0.2, 0.25) is 0 Å². The first-order valence-electron chi connectivity index (χ1n) is 6.31. The maximum Gasteiger partial charge on any atom is 0.267 e. The van der Waals surface area contributed by atoms with Gasteiger partial charge in [-0.1, -0.05) is 0 Å². The van der Waals surface area contributed by atoms with Crippen molar-refractivity contribution >= 4 is 21.8 Å². The van der Waals surface area contributed by atoms with Gasteiger partial charge in [-0.15, -0.1) is 0 Å². The van der Waals surface area contributed by atoms with Crippen LogP contribution in [-0.4, -0.2) is 55.1 Å². The van der Waals surface area contributed by atoms with Gasteiger partial charge in [-0.3, -0.25) is 4.79 Å². The molecule has 2 rings (SSSR count). The van der Waals surface area contributed by atoms with Gasteiger partial charge in [-0.05, 0) is 35.0 Å². The molecule has 1 aliphatic heterocycles. The van der Waals surface area contributed by atoms with Gasteiger partial charge in [0.1, 0.15) is 5.69 Å². The second-order valence-corrected chi connectivity index (χ2v) is 5.35. The molecule has 0 aromatic carbocycles. The van der Waals surface area contributed by atoms with Crippen molar-refractivity contribution in [1.29, 1.82) is 0 Å². The average molecular weight is 315 g/mol. The lowest BCUT2D eigenvalue weighted by Gasteiger charge is -2.27. The molecule has 6 heteroatoms. The summed E-state index contributed by atoms with van der Waals surface area (Å²) in [6.45, 7) is 6.14. The summed E-state index contributed by atoms with van der Waals surface area (Å²) in [6.07, 6.45) is 2.75. The largest absolute Gasteiger partial charge is 0.356 e. The predicted molar refractivity (Wildman–Crippen MR) is 74.8 cm³/mol. The molecule has 0 saturated carbocycles. The minimum atomic E-state index is -0.0407. The molecular weight excluding hydrogens is 296 g/mol. The number of aromatic nitrogens is 1. The second-order valence-electron chi connectivity index (χ2n) is 4.43. The molecule has 1 aromatic heterocycles. The van der Waals surface area contributed by atoms with Crippen LogP contribution in [0, 0.1) is 0 Å². The Labute approximate surface area is 115 Å². The summed E-state index contributed by atoms with van der Waals surface area (Å²) in [6, 6.07) is 1.78. The third kappa shape index (κ3) is 4.12. The first-order valence-corrected chi connectivity index (χ1v) is 7.10. The van der Waals surface area contributed by atoms with E-state index < -0.39 is 0 Å². The number of nitrogens with one attached hydrogen (secondary N) is 3. The molecule has 0 radical (unpaired) electrons. The van der Waals surface area contributed by atoms with E-state index in [9.17, 15) is 4.79 Å². The number of hydrogen-bond donors (Lipinski definition) is 3. The highest BCUT2D eigenvalue weighted by Crippen LogP contribution is 2.10. The number of piperazine rings is 1. The second kappa shape index (κ2) is 6.92. The van der Waals surface area contributed by atoms with E-state index in [1.165, 1.54) is 0 Å². The molecule has 1 aliphatic rings. The van der Waals surface area contributed by atoms with Gasteiger partial charge in [-0.2, -0.15) is 0 Å². The summed E-state index contributed by atoms with van der Waals surface area (Å²) in [5.41, 5.74) is 0.601. The van der Waals surface area contributed by atoms with Crippen molar-refractivity contribution in [3.05, 3.63) is 22.4 Å². The molecule has 0 aliphatic carbocycles. The highest BCUT2D eigenvalue weighted by atomic mass is 79.9. The van der Waals surface area contributed by atoms with Crippen LogP contribution < -0.4 is 10.6 Å². The zero-order valence-electron chi connectivity index (χ0n) is 10.3. The monoisotopic (exact) mass is 314 g/mol. The third-order valence-corrected chi connectivity index (χ3v) is 3.50. The van der Waals surface area contributed by atoms with Gasteiger partial charge in [0.15, 0.2) is 0 Å². The minimum Gasteiger partial charge on any atom is -0.356 e. The quantitative estimate of drug-likeness (QED) is 0.705. The van der Waals surface area contributed by atoms with E-state index in [1.54, 1.807) is 12.3 Å². The van der Waals surface area contributed by atoms with Crippen LogP contribution >= 0.6 is 15.9 Å². The van der Waals surface area contributed by atoms with Gasteiger partial charge >= 0.3 is 0 Å². The standard InChI is InChI=1S/C12H19BrN4O/c13-10-8-11(16-9-10)12(18)15-2-1-5-17-6-3-14-4-7-17/h8-9,14,16H,1-7H2,(H,15,18). The number of nitrogens with zero attached hydrogens (tertiary/aromatic N) is 1. The SMILES string of the molecule is O=C(NCCCN1CCNCC1)c1cc(Br)c[nH]1. The Morgan fingerprint density at radius 3 is 2.89 bits per heavy atom. The lowest BCUT2D eigenvalue weighted by molar-refractivity contribution is 0.0947. The Balaban J connectivity index is 1.61. The van der Waals surface area contributed by atoms with Gasteiger partial charge in [0.05, 0.1) is 0 Å². The minimum absolute atomic E-state index is 0.0407. The van der Waals surface area contributed by atoms with Crippen LogP contribution in [0.3, 0.4) is 0 Å². The number of H-pyrrole nitrogens is 1. The Morgan fingerprint density at radius 1 is 1.44 bits per heavy atom. The summed E-state index contributed by atoms with van der Waals surface area (Å²) in [7, 11) is 0. The fourth-order valence-corrected chi connectivity index (χ4v) is 2.38. The van der Waals surface area contributed by atoms with Crippen molar-refractivity contribution in [2.75, 3.05) is 39.3 Å². The number of amides is 1. The molecular formula is C12H19BrN4O. The highest BCUT2D eigenvalue weighted by Gasteiger charge is 2.10. The van der Waals surface area contributed by atoms with Crippen molar-refractivity contribution in [3.8, 4) is 0 Å². The molecule has 5 nitrogen and oxygen atoms in total. The first-order chi connectivity index (χ1) is 8.75. The van der Waals surface area contributed by atoms with Crippen molar-refractivity contribution in [2.45, 2.75) is 6.42 Å². The molecule has 2 heterocycles. The maximum atomic E-state index is 11.7. The Bertz CT molecular complexity index is 387. The van der Waals surface area contributed by atoms with Gasteiger partial charge in [0.2, 0.25) is 0 Å². The number of rotatable bonds is 5. The van der Waals surface area contributed by atoms with E-state index in [0.717, 1.165) is 50.2 Å². The number of hydrogen-bond acceptors (Lipinski definition) is 3. The fourth-order valence-electron chi connectivity index (χ4n) is 2.03. The topological polar surface area (TPSA) is 60.2 Å². The van der Waals surface area contributed by atoms with Crippen LogP contribution in [-0.2, 0) is 0 Å². The normalized spacial score (nSPS) is 16.7. The van der Waals surface area contributed by atoms with E-state index in [2.05, 4.69) is 36.4 Å². The van der Waals surface area contributed by atoms with E-state index >= 15 is 0 Å². The van der Waals surface area contributed by atoms with Crippen LogP contribution in [0.5, 0.6) is 0 Å². The molecule has 3 N–H and O–H groups in total. The van der Waals surface area contributed by atoms with Gasteiger partial charge in [0.25, 0.3) is 5.91 Å². The van der Waals surface area contributed by atoms with Crippen molar-refractivity contribution < 1.29 is 4.79 Å². The average Bonchev–Trinajstić information content (AvgIpc) is 2.82. The molecule has 100 valence electrons. The summed E-state index contributed by atoms with van der Waals surface area (Å²) >= 11 is 3.31. The summed E-state index contributed by atoms with van der Waals surface area (Å²) in [5, 5.41) is 6.25. The molecule has 1 aromatic rings. The molecule has 1 saturated heterocycles. The van der Waals surface area contributed by atoms with E-state index in [4.69, 9.17) is 0 Å². The van der Waals surface area contributed by atoms with Crippen molar-refractivity contribution in [1.82, 2.24) is 20.5 Å². The highest BCUT2D eigenvalue weighted by molar-refractivity contribution is 9.10. The zero-order chi connectivity index (χ0) is 12.8. The number of carbonyl (C=O) groups excluding carboxylic acids is 1. The molecule has 0 bridgehead atoms. The smallest absolute Gasteiger partial charge is 0.267 e. The fraction of sp³-hybridized carbons (Fsp3) is 0.583. The molecule has 1 fully saturated rings. The Hall–Kier alpha value is -0.850. The van der Waals surface area contributed by atoms with E-state index in [0.29, 0.717) is 5.69 Å².